The Kier molecular flexibility index (Phi) is 37.7. The monoisotopic (exact) mass is 890 g/mol. The molecule has 0 bridgehead atoms. The molecule has 14 nitrogen and oxygen atoms in total. The molecule has 0 aliphatic rings. The SMILES string of the molecule is CC/C=C\C/C=C\C/C=C\C/C=C\C=C\C(O)CCCC(=O)O[C@H](COC(=O)CCCCCCC/C=C\CCCCCCCC)COP(=O)(O)OC[C@@H](O)COP(=O)(O)O. The van der Waals surface area contributed by atoms with Crippen molar-refractivity contribution < 1.29 is 66.7 Å². The van der Waals surface area contributed by atoms with Gasteiger partial charge in [0, 0.05) is 12.8 Å². The van der Waals surface area contributed by atoms with Crippen LogP contribution >= 0.6 is 15.6 Å². The normalized spacial score (nSPS) is 15.2. The zero-order valence-corrected chi connectivity index (χ0v) is 37.9. The van der Waals surface area contributed by atoms with Gasteiger partial charge in [0.05, 0.1) is 25.9 Å². The van der Waals surface area contributed by atoms with Gasteiger partial charge in [-0.05, 0) is 70.6 Å². The summed E-state index contributed by atoms with van der Waals surface area (Å²) < 4.78 is 47.6. The van der Waals surface area contributed by atoms with Crippen LogP contribution in [0.25, 0.3) is 0 Å². The molecule has 60 heavy (non-hydrogen) atoms. The summed E-state index contributed by atoms with van der Waals surface area (Å²) >= 11 is 0. The summed E-state index contributed by atoms with van der Waals surface area (Å²) in [6, 6.07) is 0. The van der Waals surface area contributed by atoms with Crippen LogP contribution in [0.5, 0.6) is 0 Å². The Bertz CT molecular complexity index is 1350. The van der Waals surface area contributed by atoms with Gasteiger partial charge in [0.15, 0.2) is 6.10 Å². The quantitative estimate of drug-likeness (QED) is 0.0127. The van der Waals surface area contributed by atoms with Gasteiger partial charge >= 0.3 is 27.6 Å². The van der Waals surface area contributed by atoms with Crippen molar-refractivity contribution in [1.82, 2.24) is 0 Å². The molecule has 0 heterocycles. The molecule has 16 heteroatoms. The Labute approximate surface area is 359 Å². The number of phosphoric ester groups is 2. The third-order valence-corrected chi connectivity index (χ3v) is 10.1. The van der Waals surface area contributed by atoms with Crippen molar-refractivity contribution in [3.05, 3.63) is 72.9 Å². The van der Waals surface area contributed by atoms with Crippen LogP contribution in [0.3, 0.4) is 0 Å². The number of ether oxygens (including phenoxy) is 2. The van der Waals surface area contributed by atoms with Gasteiger partial charge in [-0.3, -0.25) is 23.2 Å². The molecule has 0 aliphatic carbocycles. The number of rotatable bonds is 40. The molecule has 0 aromatic heterocycles. The zero-order valence-electron chi connectivity index (χ0n) is 36.1. The lowest BCUT2D eigenvalue weighted by molar-refractivity contribution is -0.161. The summed E-state index contributed by atoms with van der Waals surface area (Å²) in [7, 11) is -9.75. The highest BCUT2D eigenvalue weighted by molar-refractivity contribution is 7.47. The maximum Gasteiger partial charge on any atom is 0.472 e. The van der Waals surface area contributed by atoms with E-state index in [1.807, 2.05) is 12.2 Å². The van der Waals surface area contributed by atoms with Crippen LogP contribution in [0.2, 0.25) is 0 Å². The fourth-order valence-electron chi connectivity index (χ4n) is 5.37. The largest absolute Gasteiger partial charge is 0.472 e. The van der Waals surface area contributed by atoms with Gasteiger partial charge in [-0.2, -0.15) is 0 Å². The molecule has 0 amide bonds. The summed E-state index contributed by atoms with van der Waals surface area (Å²) in [6.07, 6.45) is 39.2. The van der Waals surface area contributed by atoms with Gasteiger partial charge in [-0.15, -0.1) is 0 Å². The van der Waals surface area contributed by atoms with E-state index in [-0.39, 0.29) is 25.7 Å². The molecule has 2 unspecified atom stereocenters. The summed E-state index contributed by atoms with van der Waals surface area (Å²) in [4.78, 5) is 52.7. The van der Waals surface area contributed by atoms with Crippen molar-refractivity contribution in [2.75, 3.05) is 26.4 Å². The Morgan fingerprint density at radius 1 is 0.567 bits per heavy atom. The second-order valence-electron chi connectivity index (χ2n) is 14.4. The molecule has 0 saturated heterocycles. The molecule has 5 N–H and O–H groups in total. The van der Waals surface area contributed by atoms with Crippen LogP contribution in [0, 0.1) is 0 Å². The van der Waals surface area contributed by atoms with Crippen LogP contribution in [0.1, 0.15) is 149 Å². The Balaban J connectivity index is 4.74. The minimum absolute atomic E-state index is 0.104. The molecular formula is C44H76O14P2. The number of esters is 2. The van der Waals surface area contributed by atoms with Crippen LogP contribution in [-0.4, -0.2) is 81.6 Å². The van der Waals surface area contributed by atoms with Gasteiger partial charge in [-0.25, -0.2) is 9.13 Å². The number of allylic oxidation sites excluding steroid dienone is 11. The van der Waals surface area contributed by atoms with Crippen LogP contribution in [0.4, 0.5) is 0 Å². The number of hydrogen-bond donors (Lipinski definition) is 5. The predicted octanol–water partition coefficient (Wildman–Crippen LogP) is 9.98. The number of aliphatic hydroxyl groups excluding tert-OH is 2. The summed E-state index contributed by atoms with van der Waals surface area (Å²) in [5.41, 5.74) is 0. The van der Waals surface area contributed by atoms with Crippen molar-refractivity contribution >= 4 is 27.6 Å². The molecule has 0 aromatic rings. The maximum absolute atomic E-state index is 12.7. The molecule has 4 atom stereocenters. The minimum Gasteiger partial charge on any atom is -0.462 e. The summed E-state index contributed by atoms with van der Waals surface area (Å²) in [6.45, 7) is 1.40. The van der Waals surface area contributed by atoms with Gasteiger partial charge in [-0.1, -0.05) is 138 Å². The molecule has 0 fully saturated rings. The van der Waals surface area contributed by atoms with E-state index in [1.165, 1.54) is 38.5 Å². The molecule has 0 aromatic carbocycles. The highest BCUT2D eigenvalue weighted by Gasteiger charge is 2.28. The zero-order chi connectivity index (χ0) is 44.6. The Morgan fingerprint density at radius 2 is 1.10 bits per heavy atom. The minimum atomic E-state index is -4.89. The molecule has 0 saturated carbocycles. The third-order valence-electron chi connectivity index (χ3n) is 8.67. The second-order valence-corrected chi connectivity index (χ2v) is 17.1. The van der Waals surface area contributed by atoms with Crippen LogP contribution in [0.15, 0.2) is 72.9 Å². The number of phosphoric acid groups is 2. The lowest BCUT2D eigenvalue weighted by Gasteiger charge is -2.20. The first kappa shape index (κ1) is 57.5. The van der Waals surface area contributed by atoms with E-state index in [0.717, 1.165) is 64.2 Å². The number of aliphatic hydroxyl groups is 2. The first-order chi connectivity index (χ1) is 28.8. The smallest absolute Gasteiger partial charge is 0.462 e. The van der Waals surface area contributed by atoms with Crippen molar-refractivity contribution in [3.63, 3.8) is 0 Å². The summed E-state index contributed by atoms with van der Waals surface area (Å²) in [5, 5.41) is 20.0. The molecule has 346 valence electrons. The maximum atomic E-state index is 12.7. The summed E-state index contributed by atoms with van der Waals surface area (Å²) in [5.74, 6) is -1.25. The fraction of sp³-hybridized carbons (Fsp3) is 0.682. The lowest BCUT2D eigenvalue weighted by Crippen LogP contribution is -2.30. The first-order valence-electron chi connectivity index (χ1n) is 21.7. The van der Waals surface area contributed by atoms with E-state index in [4.69, 9.17) is 23.8 Å². The van der Waals surface area contributed by atoms with Crippen LogP contribution in [-0.2, 0) is 41.8 Å². The van der Waals surface area contributed by atoms with Crippen molar-refractivity contribution in [2.45, 2.75) is 167 Å². The third kappa shape index (κ3) is 42.2. The van der Waals surface area contributed by atoms with E-state index in [2.05, 4.69) is 71.5 Å². The van der Waals surface area contributed by atoms with Gasteiger partial charge in [0.1, 0.15) is 12.7 Å². The Morgan fingerprint density at radius 3 is 1.72 bits per heavy atom. The molecule has 0 radical (unpaired) electrons. The Hall–Kier alpha value is -2.48. The van der Waals surface area contributed by atoms with E-state index in [0.29, 0.717) is 6.42 Å². The number of unbranched alkanes of at least 4 members (excludes halogenated alkanes) is 11. The molecule has 0 spiro atoms. The number of carbonyl (C=O) groups excluding carboxylic acids is 2. The van der Waals surface area contributed by atoms with E-state index in [9.17, 15) is 33.8 Å². The number of carbonyl (C=O) groups is 2. The molecular weight excluding hydrogens is 814 g/mol. The average molecular weight is 891 g/mol. The van der Waals surface area contributed by atoms with E-state index >= 15 is 0 Å². The lowest BCUT2D eigenvalue weighted by atomic mass is 10.1. The average Bonchev–Trinajstić information content (AvgIpc) is 3.20. The topological polar surface area (TPSA) is 216 Å². The molecule has 0 aliphatic heterocycles. The van der Waals surface area contributed by atoms with Crippen molar-refractivity contribution in [1.29, 1.82) is 0 Å². The van der Waals surface area contributed by atoms with Gasteiger partial charge < -0.3 is 34.4 Å². The highest BCUT2D eigenvalue weighted by atomic mass is 31.2. The van der Waals surface area contributed by atoms with Crippen molar-refractivity contribution in [3.8, 4) is 0 Å². The van der Waals surface area contributed by atoms with Crippen molar-refractivity contribution in [2.24, 2.45) is 0 Å². The standard InChI is InChI=1S/C44H76O14P2/c1-3-5-7-9-11-13-15-17-18-20-22-24-26-28-30-34-43(47)54-38-42(39-57-60(52,53)56-37-41(46)36-55-59(49,50)51)58-44(48)35-31-33-40(45)32-29-27-25-23-21-19-16-14-12-10-8-6-4-2/h6,8,12,14,17-19,21,25,27,29,32,40-42,45-46H,3-5,7,9-11,13,15-16,20,22-24,26,28,30-31,33-39H2,1-2H3,(H,52,53)(H2,49,50,51)/b8-6-,14-12-,18-17-,21-19-,27-25-,32-29+/t40?,41-,42+/m0/s1. The fourth-order valence-corrected chi connectivity index (χ4v) is 6.53. The van der Waals surface area contributed by atoms with E-state index in [1.54, 1.807) is 12.2 Å². The number of hydrogen-bond acceptors (Lipinski definition) is 11. The first-order valence-corrected chi connectivity index (χ1v) is 24.8. The molecule has 0 rings (SSSR count). The van der Waals surface area contributed by atoms with E-state index < -0.39 is 72.3 Å². The predicted molar refractivity (Wildman–Crippen MR) is 236 cm³/mol. The highest BCUT2D eigenvalue weighted by Crippen LogP contribution is 2.43. The van der Waals surface area contributed by atoms with Gasteiger partial charge in [0.25, 0.3) is 0 Å². The van der Waals surface area contributed by atoms with Crippen LogP contribution < -0.4 is 0 Å². The van der Waals surface area contributed by atoms with Gasteiger partial charge in [0.2, 0.25) is 0 Å². The second kappa shape index (κ2) is 39.4.